The van der Waals surface area contributed by atoms with Crippen LogP contribution in [0.15, 0.2) is 18.2 Å². The molecule has 0 aliphatic carbocycles. The number of nitrogens with zero attached hydrogens (tertiary/aromatic N) is 1. The van der Waals surface area contributed by atoms with Crippen molar-refractivity contribution in [1.29, 1.82) is 0 Å². The number of hydrogen-bond donors (Lipinski definition) is 1. The Kier molecular flexibility index (Phi) is 5.83. The molecule has 4 nitrogen and oxygen atoms in total. The van der Waals surface area contributed by atoms with Crippen LogP contribution in [0.4, 0.5) is 0 Å². The Morgan fingerprint density at radius 2 is 1.89 bits per heavy atom. The Morgan fingerprint density at radius 3 is 2.37 bits per heavy atom. The molecule has 0 heterocycles. The van der Waals surface area contributed by atoms with Gasteiger partial charge in [0.05, 0.1) is 13.1 Å². The van der Waals surface area contributed by atoms with Gasteiger partial charge in [-0.05, 0) is 38.8 Å². The first kappa shape index (κ1) is 15.5. The van der Waals surface area contributed by atoms with Crippen molar-refractivity contribution in [2.24, 2.45) is 5.73 Å². The van der Waals surface area contributed by atoms with Gasteiger partial charge in [-0.25, -0.2) is 0 Å². The number of carbonyl (C=O) groups excluding carboxylic acids is 1. The van der Waals surface area contributed by atoms with Gasteiger partial charge in [-0.15, -0.1) is 0 Å². The standard InChI is InChI=1S/C15H24N2O2/c1-11(2)17(14(18)10-16)8-9-19-15-12(3)6-5-7-13(15)4/h5-7,11H,8-10,16H2,1-4H3. The molecule has 1 aromatic carbocycles. The Hall–Kier alpha value is -1.55. The number of hydrogen-bond acceptors (Lipinski definition) is 3. The average Bonchev–Trinajstić information content (AvgIpc) is 2.36. The van der Waals surface area contributed by atoms with E-state index in [9.17, 15) is 4.79 Å². The zero-order valence-corrected chi connectivity index (χ0v) is 12.3. The van der Waals surface area contributed by atoms with Crippen LogP contribution in [0.1, 0.15) is 25.0 Å². The van der Waals surface area contributed by atoms with E-state index >= 15 is 0 Å². The van der Waals surface area contributed by atoms with Crippen LogP contribution in [-0.4, -0.2) is 36.5 Å². The molecule has 0 saturated carbocycles. The zero-order chi connectivity index (χ0) is 14.4. The van der Waals surface area contributed by atoms with Crippen LogP contribution in [-0.2, 0) is 4.79 Å². The zero-order valence-electron chi connectivity index (χ0n) is 12.3. The van der Waals surface area contributed by atoms with Gasteiger partial charge in [-0.3, -0.25) is 4.79 Å². The van der Waals surface area contributed by atoms with Gasteiger partial charge in [0.25, 0.3) is 0 Å². The van der Waals surface area contributed by atoms with E-state index in [4.69, 9.17) is 10.5 Å². The van der Waals surface area contributed by atoms with E-state index in [1.807, 2.05) is 45.9 Å². The van der Waals surface area contributed by atoms with Gasteiger partial charge in [0.1, 0.15) is 12.4 Å². The van der Waals surface area contributed by atoms with Crippen LogP contribution < -0.4 is 10.5 Å². The summed E-state index contributed by atoms with van der Waals surface area (Å²) in [7, 11) is 0. The fourth-order valence-corrected chi connectivity index (χ4v) is 2.06. The van der Waals surface area contributed by atoms with E-state index in [0.717, 1.165) is 16.9 Å². The molecule has 1 amide bonds. The highest BCUT2D eigenvalue weighted by Gasteiger charge is 2.15. The Bertz CT molecular complexity index is 410. The summed E-state index contributed by atoms with van der Waals surface area (Å²) < 4.78 is 5.81. The first-order valence-corrected chi connectivity index (χ1v) is 6.66. The lowest BCUT2D eigenvalue weighted by molar-refractivity contribution is -0.131. The Labute approximate surface area is 115 Å². The number of ether oxygens (including phenoxy) is 1. The van der Waals surface area contributed by atoms with Crippen molar-refractivity contribution in [2.45, 2.75) is 33.7 Å². The fourth-order valence-electron chi connectivity index (χ4n) is 2.06. The molecule has 1 aromatic rings. The minimum absolute atomic E-state index is 0.0416. The number of nitrogens with two attached hydrogens (primary N) is 1. The summed E-state index contributed by atoms with van der Waals surface area (Å²) in [6, 6.07) is 6.19. The molecule has 4 heteroatoms. The van der Waals surface area contributed by atoms with Crippen LogP contribution in [0, 0.1) is 13.8 Å². The van der Waals surface area contributed by atoms with Gasteiger partial charge in [-0.2, -0.15) is 0 Å². The molecule has 0 atom stereocenters. The van der Waals surface area contributed by atoms with Crippen LogP contribution in [0.5, 0.6) is 5.75 Å². The molecule has 1 rings (SSSR count). The maximum Gasteiger partial charge on any atom is 0.236 e. The monoisotopic (exact) mass is 264 g/mol. The van der Waals surface area contributed by atoms with Crippen LogP contribution in [0.3, 0.4) is 0 Å². The quantitative estimate of drug-likeness (QED) is 0.853. The average molecular weight is 264 g/mol. The molecule has 106 valence electrons. The first-order valence-electron chi connectivity index (χ1n) is 6.66. The predicted molar refractivity (Wildman–Crippen MR) is 77.3 cm³/mol. The lowest BCUT2D eigenvalue weighted by atomic mass is 10.1. The second-order valence-electron chi connectivity index (χ2n) is 4.95. The van der Waals surface area contributed by atoms with Crippen molar-refractivity contribution in [3.05, 3.63) is 29.3 Å². The van der Waals surface area contributed by atoms with Gasteiger partial charge < -0.3 is 15.4 Å². The van der Waals surface area contributed by atoms with Crippen LogP contribution >= 0.6 is 0 Å². The minimum atomic E-state index is -0.0416. The summed E-state index contributed by atoms with van der Waals surface area (Å²) in [5.41, 5.74) is 7.63. The molecule has 0 saturated heterocycles. The summed E-state index contributed by atoms with van der Waals surface area (Å²) in [6.45, 7) is 9.08. The summed E-state index contributed by atoms with van der Waals surface area (Å²) in [6.07, 6.45) is 0. The highest BCUT2D eigenvalue weighted by Crippen LogP contribution is 2.22. The summed E-state index contributed by atoms with van der Waals surface area (Å²) in [5, 5.41) is 0. The third kappa shape index (κ3) is 4.24. The van der Waals surface area contributed by atoms with Crippen molar-refractivity contribution >= 4 is 5.91 Å². The summed E-state index contributed by atoms with van der Waals surface area (Å²) in [5.74, 6) is 0.867. The highest BCUT2D eigenvalue weighted by atomic mass is 16.5. The largest absolute Gasteiger partial charge is 0.491 e. The van der Waals surface area contributed by atoms with Crippen molar-refractivity contribution in [3.63, 3.8) is 0 Å². The molecular weight excluding hydrogens is 240 g/mol. The molecule has 19 heavy (non-hydrogen) atoms. The van der Waals surface area contributed by atoms with E-state index in [2.05, 4.69) is 0 Å². The summed E-state index contributed by atoms with van der Waals surface area (Å²) in [4.78, 5) is 13.4. The number of rotatable bonds is 6. The molecule has 0 radical (unpaired) electrons. The normalized spacial score (nSPS) is 10.6. The highest BCUT2D eigenvalue weighted by molar-refractivity contribution is 5.78. The molecule has 0 spiro atoms. The molecule has 0 unspecified atom stereocenters. The van der Waals surface area contributed by atoms with Crippen molar-refractivity contribution in [3.8, 4) is 5.75 Å². The van der Waals surface area contributed by atoms with E-state index in [1.165, 1.54) is 0 Å². The first-order chi connectivity index (χ1) is 8.97. The van der Waals surface area contributed by atoms with E-state index in [-0.39, 0.29) is 18.5 Å². The Morgan fingerprint density at radius 1 is 1.32 bits per heavy atom. The topological polar surface area (TPSA) is 55.6 Å². The second-order valence-corrected chi connectivity index (χ2v) is 4.95. The lowest BCUT2D eigenvalue weighted by Gasteiger charge is -2.26. The number of aryl methyl sites for hydroxylation is 2. The fraction of sp³-hybridized carbons (Fsp3) is 0.533. The van der Waals surface area contributed by atoms with Crippen molar-refractivity contribution in [2.75, 3.05) is 19.7 Å². The predicted octanol–water partition coefficient (Wildman–Crippen LogP) is 1.88. The third-order valence-corrected chi connectivity index (χ3v) is 3.11. The van der Waals surface area contributed by atoms with Gasteiger partial charge in [0.15, 0.2) is 0 Å². The van der Waals surface area contributed by atoms with E-state index in [0.29, 0.717) is 13.2 Å². The Balaban J connectivity index is 2.60. The third-order valence-electron chi connectivity index (χ3n) is 3.11. The minimum Gasteiger partial charge on any atom is -0.491 e. The molecule has 0 aliphatic heterocycles. The molecule has 2 N–H and O–H groups in total. The smallest absolute Gasteiger partial charge is 0.236 e. The number of para-hydroxylation sites is 1. The molecule has 0 aromatic heterocycles. The van der Waals surface area contributed by atoms with Gasteiger partial charge >= 0.3 is 0 Å². The second kappa shape index (κ2) is 7.14. The van der Waals surface area contributed by atoms with Crippen LogP contribution in [0.2, 0.25) is 0 Å². The number of amides is 1. The maximum atomic E-state index is 11.7. The maximum absolute atomic E-state index is 11.7. The van der Waals surface area contributed by atoms with Crippen molar-refractivity contribution < 1.29 is 9.53 Å². The SMILES string of the molecule is Cc1cccc(C)c1OCCN(C(=O)CN)C(C)C. The van der Waals surface area contributed by atoms with Gasteiger partial charge in [0.2, 0.25) is 5.91 Å². The van der Waals surface area contributed by atoms with Crippen molar-refractivity contribution in [1.82, 2.24) is 4.90 Å². The number of benzene rings is 1. The molecule has 0 aliphatic rings. The van der Waals surface area contributed by atoms with Gasteiger partial charge in [0, 0.05) is 6.04 Å². The van der Waals surface area contributed by atoms with E-state index in [1.54, 1.807) is 4.90 Å². The van der Waals surface area contributed by atoms with Gasteiger partial charge in [-0.1, -0.05) is 18.2 Å². The molecule has 0 fully saturated rings. The van der Waals surface area contributed by atoms with E-state index < -0.39 is 0 Å². The number of carbonyl (C=O) groups is 1. The summed E-state index contributed by atoms with van der Waals surface area (Å²) >= 11 is 0. The molecular formula is C15H24N2O2. The molecule has 0 bridgehead atoms. The van der Waals surface area contributed by atoms with Crippen LogP contribution in [0.25, 0.3) is 0 Å². The lowest BCUT2D eigenvalue weighted by Crippen LogP contribution is -2.43.